The van der Waals surface area contributed by atoms with E-state index >= 15 is 0 Å². The Morgan fingerprint density at radius 2 is 1.89 bits per heavy atom. The average Bonchev–Trinajstić information content (AvgIpc) is 3.11. The number of amides is 3. The Morgan fingerprint density at radius 1 is 1.11 bits per heavy atom. The Bertz CT molecular complexity index is 405. The van der Waals surface area contributed by atoms with E-state index in [0.29, 0.717) is 6.54 Å². The summed E-state index contributed by atoms with van der Waals surface area (Å²) in [4.78, 5) is 36.9. The lowest BCUT2D eigenvalue weighted by Crippen LogP contribution is -2.53. The van der Waals surface area contributed by atoms with Crippen LogP contribution in [-0.2, 0) is 14.4 Å². The number of likely N-dealkylation sites (tertiary alicyclic amines) is 1. The van der Waals surface area contributed by atoms with E-state index in [9.17, 15) is 14.4 Å². The highest BCUT2D eigenvalue weighted by Crippen LogP contribution is 2.31. The van der Waals surface area contributed by atoms with E-state index < -0.39 is 6.04 Å². The van der Waals surface area contributed by atoms with Gasteiger partial charge in [-0.3, -0.25) is 24.6 Å². The number of hydrogen-bond acceptors (Lipinski definition) is 4. The molecule has 2 saturated heterocycles. The molecule has 0 radical (unpaired) electrons. The molecule has 2 unspecified atom stereocenters. The van der Waals surface area contributed by atoms with Crippen molar-refractivity contribution in [2.24, 2.45) is 0 Å². The van der Waals surface area contributed by atoms with Gasteiger partial charge in [0.2, 0.25) is 17.7 Å². The smallest absolute Gasteiger partial charge is 0.247 e. The molecular weight excluding hydrogens is 234 g/mol. The quantitative estimate of drug-likeness (QED) is 0.640. The summed E-state index contributed by atoms with van der Waals surface area (Å²) < 4.78 is 0. The molecule has 2 atom stereocenters. The van der Waals surface area contributed by atoms with Gasteiger partial charge in [0.25, 0.3) is 0 Å². The molecule has 0 aromatic carbocycles. The molecule has 6 heteroatoms. The van der Waals surface area contributed by atoms with Crippen LogP contribution >= 0.6 is 0 Å². The van der Waals surface area contributed by atoms with Crippen LogP contribution in [0.15, 0.2) is 0 Å². The first-order chi connectivity index (χ1) is 8.66. The molecule has 0 spiro atoms. The van der Waals surface area contributed by atoms with Gasteiger partial charge in [-0.05, 0) is 25.7 Å². The number of carbonyl (C=O) groups is 3. The number of rotatable bonds is 3. The van der Waals surface area contributed by atoms with Gasteiger partial charge in [-0.2, -0.15) is 0 Å². The Kier molecular flexibility index (Phi) is 2.81. The summed E-state index contributed by atoms with van der Waals surface area (Å²) in [7, 11) is 0. The van der Waals surface area contributed by atoms with Crippen molar-refractivity contribution in [3.05, 3.63) is 0 Å². The van der Waals surface area contributed by atoms with Crippen molar-refractivity contribution >= 4 is 17.7 Å². The predicted octanol–water partition coefficient (Wildman–Crippen LogP) is -0.855. The molecule has 0 aromatic rings. The number of piperidine rings is 1. The van der Waals surface area contributed by atoms with Crippen LogP contribution in [0.2, 0.25) is 0 Å². The van der Waals surface area contributed by atoms with Crippen molar-refractivity contribution in [1.29, 1.82) is 0 Å². The van der Waals surface area contributed by atoms with E-state index in [1.807, 2.05) is 0 Å². The first-order valence-corrected chi connectivity index (χ1v) is 6.56. The molecule has 2 heterocycles. The van der Waals surface area contributed by atoms with Crippen molar-refractivity contribution in [1.82, 2.24) is 15.5 Å². The normalized spacial score (nSPS) is 32.9. The van der Waals surface area contributed by atoms with Gasteiger partial charge in [0, 0.05) is 12.6 Å². The summed E-state index contributed by atoms with van der Waals surface area (Å²) in [6, 6.07) is -0.719. The molecule has 18 heavy (non-hydrogen) atoms. The fourth-order valence-corrected chi connectivity index (χ4v) is 2.67. The zero-order chi connectivity index (χ0) is 12.7. The van der Waals surface area contributed by atoms with Gasteiger partial charge in [0.05, 0.1) is 18.5 Å². The summed E-state index contributed by atoms with van der Waals surface area (Å²) in [6.45, 7) is 0.697. The van der Waals surface area contributed by atoms with Crippen LogP contribution in [0.5, 0.6) is 0 Å². The summed E-state index contributed by atoms with van der Waals surface area (Å²) in [5, 5.41) is 5.80. The zero-order valence-corrected chi connectivity index (χ0v) is 10.1. The third kappa shape index (κ3) is 2.01. The molecule has 3 aliphatic rings. The van der Waals surface area contributed by atoms with Crippen LogP contribution < -0.4 is 10.6 Å². The monoisotopic (exact) mass is 251 g/mol. The van der Waals surface area contributed by atoms with Crippen molar-refractivity contribution in [2.75, 3.05) is 6.54 Å². The standard InChI is InChI=1S/C12H17N3O3/c16-10-6-9(12(18)15(10)7-3-4-7)14-8-2-1-5-13-11(8)17/h7-9,14H,1-6H2,(H,13,17). The molecule has 3 fully saturated rings. The van der Waals surface area contributed by atoms with Crippen LogP contribution in [0.3, 0.4) is 0 Å². The van der Waals surface area contributed by atoms with E-state index in [1.165, 1.54) is 4.90 Å². The molecule has 0 aromatic heterocycles. The second-order valence-electron chi connectivity index (χ2n) is 5.24. The maximum absolute atomic E-state index is 12.1. The van der Waals surface area contributed by atoms with E-state index in [2.05, 4.69) is 10.6 Å². The highest BCUT2D eigenvalue weighted by molar-refractivity contribution is 6.06. The van der Waals surface area contributed by atoms with Crippen molar-refractivity contribution < 1.29 is 14.4 Å². The van der Waals surface area contributed by atoms with Gasteiger partial charge in [0.15, 0.2) is 0 Å². The first-order valence-electron chi connectivity index (χ1n) is 6.56. The first kappa shape index (κ1) is 11.6. The maximum atomic E-state index is 12.1. The van der Waals surface area contributed by atoms with Gasteiger partial charge in [-0.15, -0.1) is 0 Å². The molecule has 1 aliphatic carbocycles. The number of nitrogens with zero attached hydrogens (tertiary/aromatic N) is 1. The lowest BCUT2D eigenvalue weighted by atomic mass is 10.1. The van der Waals surface area contributed by atoms with Crippen LogP contribution in [0.1, 0.15) is 32.1 Å². The Balaban J connectivity index is 1.64. The molecule has 3 amide bonds. The highest BCUT2D eigenvalue weighted by Gasteiger charge is 2.46. The predicted molar refractivity (Wildman–Crippen MR) is 62.4 cm³/mol. The largest absolute Gasteiger partial charge is 0.355 e. The zero-order valence-electron chi connectivity index (χ0n) is 10.1. The van der Waals surface area contributed by atoms with Crippen LogP contribution in [0, 0.1) is 0 Å². The van der Waals surface area contributed by atoms with Gasteiger partial charge < -0.3 is 5.32 Å². The minimum Gasteiger partial charge on any atom is -0.355 e. The molecule has 1 saturated carbocycles. The van der Waals surface area contributed by atoms with Crippen LogP contribution in [-0.4, -0.2) is 47.3 Å². The van der Waals surface area contributed by atoms with Gasteiger partial charge >= 0.3 is 0 Å². The number of nitrogens with one attached hydrogen (secondary N) is 2. The van der Waals surface area contributed by atoms with Crippen molar-refractivity contribution in [3.8, 4) is 0 Å². The molecule has 3 rings (SSSR count). The molecular formula is C12H17N3O3. The van der Waals surface area contributed by atoms with Gasteiger partial charge in [-0.1, -0.05) is 0 Å². The van der Waals surface area contributed by atoms with Crippen LogP contribution in [0.25, 0.3) is 0 Å². The molecule has 98 valence electrons. The lowest BCUT2D eigenvalue weighted by molar-refractivity contribution is -0.139. The van der Waals surface area contributed by atoms with Crippen molar-refractivity contribution in [2.45, 2.75) is 50.2 Å². The lowest BCUT2D eigenvalue weighted by Gasteiger charge is -2.25. The van der Waals surface area contributed by atoms with E-state index in [-0.39, 0.29) is 36.2 Å². The fourth-order valence-electron chi connectivity index (χ4n) is 2.67. The third-order valence-electron chi connectivity index (χ3n) is 3.78. The second-order valence-corrected chi connectivity index (χ2v) is 5.24. The van der Waals surface area contributed by atoms with Gasteiger partial charge in [0.1, 0.15) is 0 Å². The number of hydrogen-bond donors (Lipinski definition) is 2. The van der Waals surface area contributed by atoms with Gasteiger partial charge in [-0.25, -0.2) is 0 Å². The summed E-state index contributed by atoms with van der Waals surface area (Å²) in [5.74, 6) is -0.316. The minimum atomic E-state index is -0.507. The summed E-state index contributed by atoms with van der Waals surface area (Å²) in [6.07, 6.45) is 3.68. The number of imide groups is 1. The molecule has 2 aliphatic heterocycles. The summed E-state index contributed by atoms with van der Waals surface area (Å²) >= 11 is 0. The van der Waals surface area contributed by atoms with E-state index in [1.54, 1.807) is 0 Å². The third-order valence-corrected chi connectivity index (χ3v) is 3.78. The average molecular weight is 251 g/mol. The van der Waals surface area contributed by atoms with Crippen LogP contribution in [0.4, 0.5) is 0 Å². The Labute approximate surface area is 105 Å². The summed E-state index contributed by atoms with van der Waals surface area (Å²) in [5.41, 5.74) is 0. The Hall–Kier alpha value is -1.43. The topological polar surface area (TPSA) is 78.5 Å². The SMILES string of the molecule is O=C1NCCCC1NC1CC(=O)N(C2CC2)C1=O. The molecule has 0 bridgehead atoms. The fraction of sp³-hybridized carbons (Fsp3) is 0.750. The maximum Gasteiger partial charge on any atom is 0.247 e. The molecule has 2 N–H and O–H groups in total. The van der Waals surface area contributed by atoms with Crippen molar-refractivity contribution in [3.63, 3.8) is 0 Å². The minimum absolute atomic E-state index is 0.0635. The van der Waals surface area contributed by atoms with E-state index in [0.717, 1.165) is 25.7 Å². The number of carbonyl (C=O) groups excluding carboxylic acids is 3. The highest BCUT2D eigenvalue weighted by atomic mass is 16.2. The Morgan fingerprint density at radius 3 is 2.56 bits per heavy atom. The molecule has 6 nitrogen and oxygen atoms in total. The van der Waals surface area contributed by atoms with E-state index in [4.69, 9.17) is 0 Å². The second kappa shape index (κ2) is 4.35.